The average molecular weight is 477 g/mol. The second-order valence-electron chi connectivity index (χ2n) is 6.76. The standard InChI is InChI=1S/C18H28FN5O.HI/c1-12(2)24-10-13(3)16(11-24)23-18(20-4)21-9-17(25)22-15-7-5-6-14(19)8-15;/h5-8,12-13,16H,9-11H2,1-4H3,(H,22,25)(H2,20,21,23);1H. The summed E-state index contributed by atoms with van der Waals surface area (Å²) in [5, 5.41) is 9.05. The normalized spacial score (nSPS) is 20.6. The molecule has 2 unspecified atom stereocenters. The van der Waals surface area contributed by atoms with Crippen LogP contribution in [0.1, 0.15) is 20.8 Å². The molecule has 1 amide bonds. The quantitative estimate of drug-likeness (QED) is 0.346. The maximum absolute atomic E-state index is 13.1. The first-order valence-electron chi connectivity index (χ1n) is 8.65. The van der Waals surface area contributed by atoms with Crippen molar-refractivity contribution < 1.29 is 9.18 Å². The van der Waals surface area contributed by atoms with Gasteiger partial charge in [0.25, 0.3) is 0 Å². The zero-order valence-corrected chi connectivity index (χ0v) is 18.1. The van der Waals surface area contributed by atoms with E-state index in [0.717, 1.165) is 13.1 Å². The van der Waals surface area contributed by atoms with Crippen LogP contribution in [0.3, 0.4) is 0 Å². The molecule has 1 fully saturated rings. The van der Waals surface area contributed by atoms with Crippen molar-refractivity contribution in [1.82, 2.24) is 15.5 Å². The van der Waals surface area contributed by atoms with Crippen molar-refractivity contribution in [3.05, 3.63) is 30.1 Å². The summed E-state index contributed by atoms with van der Waals surface area (Å²) >= 11 is 0. The van der Waals surface area contributed by atoms with Gasteiger partial charge in [-0.2, -0.15) is 0 Å². The van der Waals surface area contributed by atoms with Crippen molar-refractivity contribution >= 4 is 41.5 Å². The highest BCUT2D eigenvalue weighted by molar-refractivity contribution is 14.0. The Morgan fingerprint density at radius 3 is 2.69 bits per heavy atom. The minimum absolute atomic E-state index is 0. The van der Waals surface area contributed by atoms with E-state index in [4.69, 9.17) is 0 Å². The Labute approximate surface area is 172 Å². The third-order valence-electron chi connectivity index (χ3n) is 4.44. The molecule has 0 aliphatic carbocycles. The highest BCUT2D eigenvalue weighted by Gasteiger charge is 2.31. The number of hydrogen-bond donors (Lipinski definition) is 3. The molecule has 1 saturated heterocycles. The van der Waals surface area contributed by atoms with Crippen LogP contribution in [0, 0.1) is 11.7 Å². The maximum Gasteiger partial charge on any atom is 0.243 e. The van der Waals surface area contributed by atoms with Gasteiger partial charge in [-0.15, -0.1) is 24.0 Å². The molecule has 0 aromatic heterocycles. The molecule has 1 aromatic carbocycles. The van der Waals surface area contributed by atoms with Crippen molar-refractivity contribution in [3.63, 3.8) is 0 Å². The Bertz CT molecular complexity index is 625. The Hall–Kier alpha value is -1.42. The van der Waals surface area contributed by atoms with E-state index < -0.39 is 0 Å². The summed E-state index contributed by atoms with van der Waals surface area (Å²) < 4.78 is 13.1. The summed E-state index contributed by atoms with van der Waals surface area (Å²) in [4.78, 5) is 18.6. The van der Waals surface area contributed by atoms with E-state index in [9.17, 15) is 9.18 Å². The fraction of sp³-hybridized carbons (Fsp3) is 0.556. The minimum atomic E-state index is -0.381. The lowest BCUT2D eigenvalue weighted by molar-refractivity contribution is -0.115. The molecule has 6 nitrogen and oxygen atoms in total. The number of carbonyl (C=O) groups is 1. The van der Waals surface area contributed by atoms with Crippen LogP contribution < -0.4 is 16.0 Å². The van der Waals surface area contributed by atoms with E-state index in [1.54, 1.807) is 19.2 Å². The minimum Gasteiger partial charge on any atom is -0.352 e. The Kier molecular flexibility index (Phi) is 9.28. The molecule has 0 radical (unpaired) electrons. The Morgan fingerprint density at radius 1 is 1.38 bits per heavy atom. The SMILES string of the molecule is CN=C(NCC(=O)Nc1cccc(F)c1)NC1CN(C(C)C)CC1C.I. The summed E-state index contributed by atoms with van der Waals surface area (Å²) in [5.41, 5.74) is 0.437. The molecule has 1 heterocycles. The second-order valence-corrected chi connectivity index (χ2v) is 6.76. The molecule has 26 heavy (non-hydrogen) atoms. The van der Waals surface area contributed by atoms with Crippen LogP contribution >= 0.6 is 24.0 Å². The molecule has 1 aliphatic rings. The van der Waals surface area contributed by atoms with E-state index in [0.29, 0.717) is 29.6 Å². The summed E-state index contributed by atoms with van der Waals surface area (Å²) in [5.74, 6) is 0.462. The number of nitrogens with one attached hydrogen (secondary N) is 3. The van der Waals surface area contributed by atoms with Gasteiger partial charge < -0.3 is 16.0 Å². The number of rotatable bonds is 5. The van der Waals surface area contributed by atoms with Crippen molar-refractivity contribution in [2.75, 3.05) is 32.0 Å². The highest BCUT2D eigenvalue weighted by atomic mass is 127. The lowest BCUT2D eigenvalue weighted by Crippen LogP contribution is -2.48. The average Bonchev–Trinajstić information content (AvgIpc) is 2.92. The number of aliphatic imine (C=N–C) groups is 1. The third-order valence-corrected chi connectivity index (χ3v) is 4.44. The number of amides is 1. The summed E-state index contributed by atoms with van der Waals surface area (Å²) in [6.45, 7) is 8.66. The summed E-state index contributed by atoms with van der Waals surface area (Å²) in [6, 6.07) is 6.63. The lowest BCUT2D eigenvalue weighted by atomic mass is 10.1. The molecule has 0 spiro atoms. The number of halogens is 2. The molecule has 2 rings (SSSR count). The molecule has 146 valence electrons. The molecular weight excluding hydrogens is 448 g/mol. The Balaban J connectivity index is 0.00000338. The van der Waals surface area contributed by atoms with Gasteiger partial charge in [-0.1, -0.05) is 13.0 Å². The van der Waals surface area contributed by atoms with Crippen molar-refractivity contribution in [3.8, 4) is 0 Å². The predicted octanol–water partition coefficient (Wildman–Crippen LogP) is 2.28. The monoisotopic (exact) mass is 477 g/mol. The fourth-order valence-electron chi connectivity index (χ4n) is 2.92. The number of likely N-dealkylation sites (tertiary alicyclic amines) is 1. The first kappa shape index (κ1) is 22.6. The first-order valence-corrected chi connectivity index (χ1v) is 8.65. The zero-order chi connectivity index (χ0) is 18.4. The van der Waals surface area contributed by atoms with E-state index in [-0.39, 0.29) is 42.2 Å². The van der Waals surface area contributed by atoms with Gasteiger partial charge in [-0.3, -0.25) is 14.7 Å². The third kappa shape index (κ3) is 6.71. The van der Waals surface area contributed by atoms with Crippen LogP contribution in [0.4, 0.5) is 10.1 Å². The van der Waals surface area contributed by atoms with Gasteiger partial charge in [-0.05, 0) is 38.0 Å². The van der Waals surface area contributed by atoms with Gasteiger partial charge in [0, 0.05) is 37.9 Å². The van der Waals surface area contributed by atoms with Crippen molar-refractivity contribution in [1.29, 1.82) is 0 Å². The van der Waals surface area contributed by atoms with Gasteiger partial charge in [0.1, 0.15) is 5.82 Å². The molecule has 2 atom stereocenters. The number of hydrogen-bond acceptors (Lipinski definition) is 3. The fourth-order valence-corrected chi connectivity index (χ4v) is 2.92. The molecule has 0 bridgehead atoms. The molecule has 0 saturated carbocycles. The summed E-state index contributed by atoms with van der Waals surface area (Å²) in [6.07, 6.45) is 0. The molecule has 3 N–H and O–H groups in total. The second kappa shape index (κ2) is 10.7. The highest BCUT2D eigenvalue weighted by Crippen LogP contribution is 2.18. The van der Waals surface area contributed by atoms with E-state index >= 15 is 0 Å². The number of nitrogens with zero attached hydrogens (tertiary/aromatic N) is 2. The smallest absolute Gasteiger partial charge is 0.243 e. The molecule has 1 aliphatic heterocycles. The van der Waals surface area contributed by atoms with Crippen LogP contribution in [0.15, 0.2) is 29.3 Å². The number of anilines is 1. The van der Waals surface area contributed by atoms with Crippen LogP contribution in [-0.2, 0) is 4.79 Å². The number of benzene rings is 1. The van der Waals surface area contributed by atoms with E-state index in [1.807, 2.05) is 0 Å². The molecule has 8 heteroatoms. The predicted molar refractivity (Wildman–Crippen MR) is 115 cm³/mol. The van der Waals surface area contributed by atoms with E-state index in [2.05, 4.69) is 46.6 Å². The van der Waals surface area contributed by atoms with Crippen LogP contribution in [0.5, 0.6) is 0 Å². The lowest BCUT2D eigenvalue weighted by Gasteiger charge is -2.21. The van der Waals surface area contributed by atoms with Gasteiger partial charge >= 0.3 is 0 Å². The van der Waals surface area contributed by atoms with Crippen LogP contribution in [0.2, 0.25) is 0 Å². The van der Waals surface area contributed by atoms with Gasteiger partial charge in [-0.25, -0.2) is 4.39 Å². The summed E-state index contributed by atoms with van der Waals surface area (Å²) in [7, 11) is 1.68. The number of carbonyl (C=O) groups excluding carboxylic acids is 1. The van der Waals surface area contributed by atoms with Crippen molar-refractivity contribution in [2.24, 2.45) is 10.9 Å². The molecule has 1 aromatic rings. The van der Waals surface area contributed by atoms with Gasteiger partial charge in [0.15, 0.2) is 5.96 Å². The maximum atomic E-state index is 13.1. The van der Waals surface area contributed by atoms with Crippen molar-refractivity contribution in [2.45, 2.75) is 32.9 Å². The zero-order valence-electron chi connectivity index (χ0n) is 15.8. The largest absolute Gasteiger partial charge is 0.352 e. The van der Waals surface area contributed by atoms with Gasteiger partial charge in [0.05, 0.1) is 6.54 Å². The van der Waals surface area contributed by atoms with Crippen LogP contribution in [-0.4, -0.2) is 55.5 Å². The van der Waals surface area contributed by atoms with Gasteiger partial charge in [0.2, 0.25) is 5.91 Å². The topological polar surface area (TPSA) is 68.8 Å². The number of guanidine groups is 1. The Morgan fingerprint density at radius 2 is 2.12 bits per heavy atom. The van der Waals surface area contributed by atoms with E-state index in [1.165, 1.54) is 12.1 Å². The van der Waals surface area contributed by atoms with Crippen LogP contribution in [0.25, 0.3) is 0 Å². The molecular formula is C18H29FIN5O. The first-order chi connectivity index (χ1) is 11.9.